The number of rotatable bonds is 38. The van der Waals surface area contributed by atoms with Crippen molar-refractivity contribution in [3.05, 3.63) is 18.2 Å². The number of hydrogen-bond donors (Lipinski definition) is 4. The second kappa shape index (κ2) is 40.4. The Kier molecular flexibility index (Phi) is 39.0. The van der Waals surface area contributed by atoms with E-state index in [1.807, 2.05) is 0 Å². The van der Waals surface area contributed by atoms with Gasteiger partial charge < -0.3 is 25.7 Å². The summed E-state index contributed by atoms with van der Waals surface area (Å²) in [6, 6.07) is 0. The zero-order chi connectivity index (χ0) is 38.2. The molecule has 306 valence electrons. The van der Waals surface area contributed by atoms with E-state index in [0.717, 1.165) is 50.6 Å². The van der Waals surface area contributed by atoms with Crippen molar-refractivity contribution in [2.45, 2.75) is 238 Å². The third-order valence-corrected chi connectivity index (χ3v) is 10.1. The van der Waals surface area contributed by atoms with Crippen LogP contribution in [0.15, 0.2) is 12.5 Å². The maximum Gasteiger partial charge on any atom is 0.306 e. The molecular weight excluding hydrogens is 651 g/mol. The van der Waals surface area contributed by atoms with E-state index in [-0.39, 0.29) is 18.6 Å². The number of aliphatic hydroxyl groups excluding tert-OH is 2. The molecule has 0 saturated heterocycles. The number of nitrogens with one attached hydrogen (secondary N) is 1. The topological polar surface area (TPSA) is 139 Å². The highest BCUT2D eigenvalue weighted by molar-refractivity contribution is 5.86. The molecule has 0 aliphatic carbocycles. The number of aromatic nitrogens is 2. The number of carbonyl (C=O) groups is 2. The van der Waals surface area contributed by atoms with Crippen LogP contribution in [0.4, 0.5) is 0 Å². The summed E-state index contributed by atoms with van der Waals surface area (Å²) in [6.07, 6.45) is 40.2. The second-order valence-electron chi connectivity index (χ2n) is 15.1. The summed E-state index contributed by atoms with van der Waals surface area (Å²) in [5.74, 6) is -0.715. The number of unbranched alkanes of at least 4 members (excludes halogenated alkanes) is 28. The van der Waals surface area contributed by atoms with E-state index in [2.05, 4.69) is 23.8 Å². The number of Topliss-reactive ketones (excluding diaryl/α,β-unsaturated/α-hetero) is 1. The summed E-state index contributed by atoms with van der Waals surface area (Å²) in [4.78, 5) is 31.8. The number of aromatic amines is 1. The summed E-state index contributed by atoms with van der Waals surface area (Å²) in [7, 11) is 0. The van der Waals surface area contributed by atoms with E-state index >= 15 is 0 Å². The fourth-order valence-corrected chi connectivity index (χ4v) is 6.69. The lowest BCUT2D eigenvalue weighted by Gasteiger charge is -2.20. The van der Waals surface area contributed by atoms with E-state index in [9.17, 15) is 19.8 Å². The zero-order valence-electron chi connectivity index (χ0n) is 34.2. The van der Waals surface area contributed by atoms with Gasteiger partial charge in [-0.25, -0.2) is 4.98 Å². The highest BCUT2D eigenvalue weighted by Gasteiger charge is 2.29. The van der Waals surface area contributed by atoms with Gasteiger partial charge in [-0.2, -0.15) is 0 Å². The van der Waals surface area contributed by atoms with Crippen molar-refractivity contribution in [3.63, 3.8) is 0 Å². The molecule has 8 nitrogen and oxygen atoms in total. The minimum atomic E-state index is -1.34. The average molecular weight is 736 g/mol. The van der Waals surface area contributed by atoms with Crippen LogP contribution >= 0.6 is 0 Å². The molecule has 0 bridgehead atoms. The van der Waals surface area contributed by atoms with Gasteiger partial charge in [0.05, 0.1) is 12.9 Å². The number of nitrogens with two attached hydrogens (primary N) is 1. The largest absolute Gasteiger partial charge is 0.451 e. The Morgan fingerprint density at radius 3 is 1.33 bits per heavy atom. The molecule has 8 heteroatoms. The van der Waals surface area contributed by atoms with Crippen molar-refractivity contribution in [1.82, 2.24) is 9.97 Å². The Morgan fingerprint density at radius 1 is 0.635 bits per heavy atom. The SMILES string of the molecule is CCCCCCCCCCCCCCCCCC(=O)OC(C(=O)CCCCCCCCCCCCCCCCC)C(O)CO.NCCc1cnc[nH]1. The van der Waals surface area contributed by atoms with Crippen molar-refractivity contribution in [2.75, 3.05) is 13.2 Å². The number of esters is 1. The predicted octanol–water partition coefficient (Wildman–Crippen LogP) is 11.3. The highest BCUT2D eigenvalue weighted by Crippen LogP contribution is 2.17. The van der Waals surface area contributed by atoms with Crippen molar-refractivity contribution in [1.29, 1.82) is 0 Å². The summed E-state index contributed by atoms with van der Waals surface area (Å²) in [6.45, 7) is 4.63. The minimum absolute atomic E-state index is 0.263. The number of H-pyrrole nitrogens is 1. The molecule has 0 amide bonds. The molecule has 0 saturated carbocycles. The first-order chi connectivity index (χ1) is 25.5. The van der Waals surface area contributed by atoms with Crippen molar-refractivity contribution in [3.8, 4) is 0 Å². The van der Waals surface area contributed by atoms with Gasteiger partial charge >= 0.3 is 5.97 Å². The van der Waals surface area contributed by atoms with Gasteiger partial charge in [0.15, 0.2) is 11.9 Å². The van der Waals surface area contributed by atoms with Crippen LogP contribution in [0.1, 0.15) is 225 Å². The lowest BCUT2D eigenvalue weighted by molar-refractivity contribution is -0.163. The summed E-state index contributed by atoms with van der Waals surface area (Å²) in [5.41, 5.74) is 6.38. The first-order valence-electron chi connectivity index (χ1n) is 22.2. The monoisotopic (exact) mass is 736 g/mol. The lowest BCUT2D eigenvalue weighted by atomic mass is 10.0. The summed E-state index contributed by atoms with van der Waals surface area (Å²) >= 11 is 0. The lowest BCUT2D eigenvalue weighted by Crippen LogP contribution is -2.40. The van der Waals surface area contributed by atoms with E-state index in [0.29, 0.717) is 6.54 Å². The molecule has 5 N–H and O–H groups in total. The third-order valence-electron chi connectivity index (χ3n) is 10.1. The van der Waals surface area contributed by atoms with Crippen LogP contribution in [-0.4, -0.2) is 57.3 Å². The Morgan fingerprint density at radius 2 is 1.00 bits per heavy atom. The number of aliphatic hydroxyl groups is 2. The van der Waals surface area contributed by atoms with Crippen LogP contribution in [0.3, 0.4) is 0 Å². The Hall–Kier alpha value is -1.77. The molecular formula is C44H85N3O5. The van der Waals surface area contributed by atoms with E-state index in [1.54, 1.807) is 12.5 Å². The molecule has 0 aromatic carbocycles. The van der Waals surface area contributed by atoms with Crippen LogP contribution in [0, 0.1) is 0 Å². The van der Waals surface area contributed by atoms with Gasteiger partial charge in [-0.15, -0.1) is 0 Å². The smallest absolute Gasteiger partial charge is 0.306 e. The van der Waals surface area contributed by atoms with Crippen LogP contribution in [-0.2, 0) is 20.7 Å². The van der Waals surface area contributed by atoms with Gasteiger partial charge in [0.2, 0.25) is 0 Å². The van der Waals surface area contributed by atoms with Gasteiger partial charge in [0, 0.05) is 31.2 Å². The fourth-order valence-electron chi connectivity index (χ4n) is 6.69. The number of ketones is 1. The van der Waals surface area contributed by atoms with Gasteiger partial charge in [0.25, 0.3) is 0 Å². The molecule has 0 radical (unpaired) electrons. The molecule has 1 rings (SSSR count). The molecule has 2 atom stereocenters. The third kappa shape index (κ3) is 34.0. The molecule has 1 heterocycles. The Bertz CT molecular complexity index is 866. The molecule has 1 aromatic heterocycles. The van der Waals surface area contributed by atoms with Crippen LogP contribution in [0.2, 0.25) is 0 Å². The Labute approximate surface area is 320 Å². The van der Waals surface area contributed by atoms with Crippen LogP contribution < -0.4 is 5.73 Å². The molecule has 0 fully saturated rings. The maximum atomic E-state index is 12.7. The maximum absolute atomic E-state index is 12.7. The number of hydrogen-bond acceptors (Lipinski definition) is 7. The quantitative estimate of drug-likeness (QED) is 0.0391. The fraction of sp³-hybridized carbons (Fsp3) is 0.886. The highest BCUT2D eigenvalue weighted by atomic mass is 16.6. The Balaban J connectivity index is 0.00000283. The van der Waals surface area contributed by atoms with Gasteiger partial charge in [0.1, 0.15) is 6.10 Å². The molecule has 0 aliphatic heterocycles. The predicted molar refractivity (Wildman–Crippen MR) is 218 cm³/mol. The second-order valence-corrected chi connectivity index (χ2v) is 15.1. The first kappa shape index (κ1) is 50.2. The number of nitrogens with zero attached hydrogens (tertiary/aromatic N) is 1. The number of ether oxygens (including phenoxy) is 1. The molecule has 0 aliphatic rings. The van der Waals surface area contributed by atoms with Gasteiger partial charge in [-0.05, 0) is 19.4 Å². The standard InChI is InChI=1S/C39H76O5.C5H9N3/c1-3-5-7-9-11-13-15-17-19-21-23-25-27-29-31-33-36(41)39(37(42)35-40)44-38(43)34-32-30-28-26-24-22-20-18-16-14-12-10-8-6-4-2;6-2-1-5-3-7-4-8-5/h37,39-40,42H,3-35H2,1-2H3;3-4H,1-2,6H2,(H,7,8). The zero-order valence-corrected chi connectivity index (χ0v) is 34.2. The van der Waals surface area contributed by atoms with Crippen molar-refractivity contribution < 1.29 is 24.5 Å². The summed E-state index contributed by atoms with van der Waals surface area (Å²) < 4.78 is 5.36. The molecule has 2 unspecified atom stereocenters. The molecule has 1 aromatic rings. The van der Waals surface area contributed by atoms with E-state index < -0.39 is 24.8 Å². The van der Waals surface area contributed by atoms with E-state index in [1.165, 1.54) is 154 Å². The van der Waals surface area contributed by atoms with Crippen molar-refractivity contribution in [2.24, 2.45) is 5.73 Å². The van der Waals surface area contributed by atoms with E-state index in [4.69, 9.17) is 10.5 Å². The van der Waals surface area contributed by atoms with Crippen LogP contribution in [0.5, 0.6) is 0 Å². The summed E-state index contributed by atoms with van der Waals surface area (Å²) in [5, 5.41) is 19.5. The molecule has 52 heavy (non-hydrogen) atoms. The number of imidazole rings is 1. The minimum Gasteiger partial charge on any atom is -0.451 e. The average Bonchev–Trinajstić information content (AvgIpc) is 3.67. The van der Waals surface area contributed by atoms with Crippen LogP contribution in [0.25, 0.3) is 0 Å². The van der Waals surface area contributed by atoms with Gasteiger partial charge in [-0.1, -0.05) is 194 Å². The number of carbonyl (C=O) groups excluding carboxylic acids is 2. The molecule has 0 spiro atoms. The van der Waals surface area contributed by atoms with Gasteiger partial charge in [-0.3, -0.25) is 9.59 Å². The van der Waals surface area contributed by atoms with Crippen molar-refractivity contribution >= 4 is 11.8 Å². The first-order valence-corrected chi connectivity index (χ1v) is 22.2. The normalized spacial score (nSPS) is 12.3.